The Hall–Kier alpha value is -0.960. The molecule has 0 saturated carbocycles. The van der Waals surface area contributed by atoms with Gasteiger partial charge in [-0.05, 0) is 24.6 Å². The molecule has 10 heavy (non-hydrogen) atoms. The smallest absolute Gasteiger partial charge is 0.285 e. The molecule has 1 aromatic rings. The lowest BCUT2D eigenvalue weighted by Crippen LogP contribution is -2.48. The molecule has 0 aliphatic rings. The van der Waals surface area contributed by atoms with Crippen molar-refractivity contribution in [3.8, 4) is 0 Å². The van der Waals surface area contributed by atoms with Gasteiger partial charge in [-0.2, -0.15) is 0 Å². The molecule has 0 fully saturated rings. The van der Waals surface area contributed by atoms with Crippen LogP contribution in [0.5, 0.6) is 0 Å². The summed E-state index contributed by atoms with van der Waals surface area (Å²) in [5.74, 6) is 5.90. The van der Waals surface area contributed by atoms with Crippen molar-refractivity contribution in [2.45, 2.75) is 6.92 Å². The first-order valence-electron chi connectivity index (χ1n) is 2.84. The monoisotopic (exact) mass is 158 g/mol. The molecule has 0 atom stereocenters. The summed E-state index contributed by atoms with van der Waals surface area (Å²) in [5, 5.41) is 0.472. The van der Waals surface area contributed by atoms with Gasteiger partial charge in [-0.25, -0.2) is 0 Å². The molecule has 1 heterocycles. The minimum atomic E-state index is 0.454. The summed E-state index contributed by atoms with van der Waals surface area (Å²) in [5.41, 5.74) is 6.36. The van der Waals surface area contributed by atoms with Crippen LogP contribution in [-0.4, -0.2) is 0 Å². The number of hydrogen-bond donors (Lipinski definition) is 2. The summed E-state index contributed by atoms with van der Waals surface area (Å²) >= 11 is 5.74. The quantitative estimate of drug-likeness (QED) is 0.323. The van der Waals surface area contributed by atoms with Crippen LogP contribution in [0.3, 0.4) is 0 Å². The van der Waals surface area contributed by atoms with E-state index in [1.54, 1.807) is 6.07 Å². The molecule has 4 N–H and O–H groups in total. The average molecular weight is 159 g/mol. The van der Waals surface area contributed by atoms with Gasteiger partial charge in [0.15, 0.2) is 0 Å². The fraction of sp³-hybridized carbons (Fsp3) is 0.167. The van der Waals surface area contributed by atoms with Crippen LogP contribution >= 0.6 is 11.6 Å². The fourth-order valence-electron chi connectivity index (χ4n) is 0.663. The molecule has 0 aliphatic heterocycles. The van der Waals surface area contributed by atoms with Crippen molar-refractivity contribution >= 4 is 17.4 Å². The van der Waals surface area contributed by atoms with E-state index in [2.05, 4.69) is 0 Å². The summed E-state index contributed by atoms with van der Waals surface area (Å²) in [4.78, 5) is 0. The number of nitrogen functional groups attached to an aromatic ring is 2. The average Bonchev–Trinajstić information content (AvgIpc) is 1.93. The molecule has 0 aliphatic carbocycles. The molecule has 0 bridgehead atoms. The normalized spacial score (nSPS) is 9.80. The molecule has 1 rings (SSSR count). The molecule has 3 nitrogen and oxygen atoms in total. The zero-order chi connectivity index (χ0) is 7.72. The molecule has 4 heteroatoms. The maximum absolute atomic E-state index is 5.74. The zero-order valence-corrected chi connectivity index (χ0v) is 6.39. The summed E-state index contributed by atoms with van der Waals surface area (Å²) < 4.78 is 1.25. The van der Waals surface area contributed by atoms with Crippen molar-refractivity contribution in [3.05, 3.63) is 22.8 Å². The number of hydrogen-bond acceptors (Lipinski definition) is 2. The Balaban J connectivity index is 3.34. The Kier molecular flexibility index (Phi) is 1.68. The second kappa shape index (κ2) is 2.34. The number of nitrogens with two attached hydrogens (primary N) is 2. The van der Waals surface area contributed by atoms with E-state index in [4.69, 9.17) is 23.2 Å². The number of aryl methyl sites for hydroxylation is 1. The topological polar surface area (TPSA) is 55.9 Å². The van der Waals surface area contributed by atoms with Crippen LogP contribution < -0.4 is 16.3 Å². The Labute approximate surface area is 64.2 Å². The van der Waals surface area contributed by atoms with Crippen molar-refractivity contribution in [2.24, 2.45) is 0 Å². The van der Waals surface area contributed by atoms with Crippen LogP contribution in [0.15, 0.2) is 12.1 Å². The molecule has 0 aromatic carbocycles. The van der Waals surface area contributed by atoms with E-state index in [1.807, 2.05) is 13.0 Å². The van der Waals surface area contributed by atoms with E-state index in [0.717, 1.165) is 5.56 Å². The number of rotatable bonds is 0. The molecule has 54 valence electrons. The first kappa shape index (κ1) is 7.15. The maximum Gasteiger partial charge on any atom is 0.296 e. The Morgan fingerprint density at radius 1 is 1.50 bits per heavy atom. The molecular weight excluding hydrogens is 150 g/mol. The van der Waals surface area contributed by atoms with Crippen molar-refractivity contribution in [2.75, 3.05) is 11.6 Å². The lowest BCUT2D eigenvalue weighted by atomic mass is 10.3. The third kappa shape index (κ3) is 0.998. The summed E-state index contributed by atoms with van der Waals surface area (Å²) in [6.45, 7) is 1.87. The maximum atomic E-state index is 5.74. The largest absolute Gasteiger partial charge is 0.296 e. The molecule has 1 aromatic heterocycles. The Morgan fingerprint density at radius 3 is 2.60 bits per heavy atom. The molecule has 0 unspecified atom stereocenters. The molecule has 0 radical (unpaired) electrons. The lowest BCUT2D eigenvalue weighted by molar-refractivity contribution is -0.621. The van der Waals surface area contributed by atoms with Crippen molar-refractivity contribution in [1.82, 2.24) is 0 Å². The minimum absolute atomic E-state index is 0.454. The van der Waals surface area contributed by atoms with E-state index in [-0.39, 0.29) is 0 Å². The standard InChI is InChI=1S/C6H8ClN3/c1-4-2-3-5(8)10(9)6(4)7/h2-3,8H,9H2,1H3/p+1. The van der Waals surface area contributed by atoms with Crippen LogP contribution in [0.4, 0.5) is 5.82 Å². The van der Waals surface area contributed by atoms with Crippen molar-refractivity contribution < 1.29 is 4.68 Å². The van der Waals surface area contributed by atoms with Gasteiger partial charge in [0, 0.05) is 11.6 Å². The first-order chi connectivity index (χ1) is 4.63. The van der Waals surface area contributed by atoms with Gasteiger partial charge in [-0.3, -0.25) is 11.6 Å². The highest BCUT2D eigenvalue weighted by Gasteiger charge is 2.07. The minimum Gasteiger partial charge on any atom is -0.285 e. The third-order valence-electron chi connectivity index (χ3n) is 1.32. The second-order valence-electron chi connectivity index (χ2n) is 2.10. The highest BCUT2D eigenvalue weighted by atomic mass is 35.5. The van der Waals surface area contributed by atoms with Crippen LogP contribution in [0.25, 0.3) is 0 Å². The van der Waals surface area contributed by atoms with Crippen LogP contribution in [0.1, 0.15) is 5.56 Å². The van der Waals surface area contributed by atoms with E-state index in [9.17, 15) is 0 Å². The lowest BCUT2D eigenvalue weighted by Gasteiger charge is -1.98. The second-order valence-corrected chi connectivity index (χ2v) is 2.46. The highest BCUT2D eigenvalue weighted by Crippen LogP contribution is 2.09. The van der Waals surface area contributed by atoms with Gasteiger partial charge in [0.1, 0.15) is 0 Å². The van der Waals surface area contributed by atoms with Gasteiger partial charge in [0.05, 0.1) is 0 Å². The number of nitrogens with zero attached hydrogens (tertiary/aromatic N) is 1. The third-order valence-corrected chi connectivity index (χ3v) is 1.80. The Morgan fingerprint density at radius 2 is 2.10 bits per heavy atom. The van der Waals surface area contributed by atoms with Gasteiger partial charge in [0.2, 0.25) is 5.15 Å². The molecule has 0 amide bonds. The summed E-state index contributed by atoms with van der Waals surface area (Å²) in [7, 11) is 0. The fourth-order valence-corrected chi connectivity index (χ4v) is 0.823. The SMILES string of the molecule is Cc1ccc(N)[n+](N)c1Cl. The van der Waals surface area contributed by atoms with E-state index < -0.39 is 0 Å². The predicted molar refractivity (Wildman–Crippen MR) is 40.9 cm³/mol. The summed E-state index contributed by atoms with van der Waals surface area (Å²) in [6.07, 6.45) is 0. The van der Waals surface area contributed by atoms with E-state index in [1.165, 1.54) is 4.68 Å². The van der Waals surface area contributed by atoms with Gasteiger partial charge in [-0.15, -0.1) is 4.68 Å². The van der Waals surface area contributed by atoms with Crippen molar-refractivity contribution in [3.63, 3.8) is 0 Å². The Bertz CT molecular complexity index is 232. The van der Waals surface area contributed by atoms with Gasteiger partial charge < -0.3 is 0 Å². The number of aromatic nitrogens is 1. The molecule has 0 spiro atoms. The predicted octanol–water partition coefficient (Wildman–Crippen LogP) is 0.232. The van der Waals surface area contributed by atoms with E-state index in [0.29, 0.717) is 11.0 Å². The van der Waals surface area contributed by atoms with Crippen LogP contribution in [-0.2, 0) is 0 Å². The zero-order valence-electron chi connectivity index (χ0n) is 5.63. The van der Waals surface area contributed by atoms with Gasteiger partial charge >= 0.3 is 0 Å². The van der Waals surface area contributed by atoms with Gasteiger partial charge in [0.25, 0.3) is 5.82 Å². The van der Waals surface area contributed by atoms with Crippen LogP contribution in [0, 0.1) is 6.92 Å². The molecular formula is C6H9ClN3+. The first-order valence-corrected chi connectivity index (χ1v) is 3.22. The summed E-state index contributed by atoms with van der Waals surface area (Å²) in [6, 6.07) is 3.53. The molecule has 0 saturated heterocycles. The van der Waals surface area contributed by atoms with Crippen molar-refractivity contribution in [1.29, 1.82) is 0 Å². The number of halogens is 1. The number of anilines is 1. The van der Waals surface area contributed by atoms with Gasteiger partial charge in [-0.1, -0.05) is 0 Å². The van der Waals surface area contributed by atoms with Crippen LogP contribution in [0.2, 0.25) is 5.15 Å². The van der Waals surface area contributed by atoms with E-state index >= 15 is 0 Å². The number of pyridine rings is 1. The highest BCUT2D eigenvalue weighted by molar-refractivity contribution is 6.29.